The van der Waals surface area contributed by atoms with Crippen LogP contribution >= 0.6 is 0 Å². The van der Waals surface area contributed by atoms with Crippen LogP contribution in [-0.2, 0) is 13.0 Å². The fourth-order valence-electron chi connectivity index (χ4n) is 3.07. The molecule has 6 nitrogen and oxygen atoms in total. The molecule has 1 aromatic carbocycles. The number of pyridine rings is 1. The minimum absolute atomic E-state index is 0.131. The molecule has 0 atom stereocenters. The van der Waals surface area contributed by atoms with Gasteiger partial charge in [0.1, 0.15) is 11.3 Å². The van der Waals surface area contributed by atoms with Gasteiger partial charge in [-0.05, 0) is 50.5 Å². The first-order valence-electron chi connectivity index (χ1n) is 8.35. The minimum atomic E-state index is -0.307. The standard InChI is InChI=1S/C19H19N3O3/c1-2-25-16-11-17(23)22-10-4-3-5-15(22)18(16)19(24)21-14-8-6-13(12-20)7-9-14/h6-9,11H,2-5,10H2,1H3,(H,21,24). The Morgan fingerprint density at radius 2 is 2.08 bits per heavy atom. The predicted octanol–water partition coefficient (Wildman–Crippen LogP) is 2.71. The fourth-order valence-corrected chi connectivity index (χ4v) is 3.07. The molecule has 1 amide bonds. The highest BCUT2D eigenvalue weighted by Crippen LogP contribution is 2.26. The van der Waals surface area contributed by atoms with Gasteiger partial charge in [-0.1, -0.05) is 0 Å². The molecule has 0 aliphatic carbocycles. The molecule has 1 aliphatic heterocycles. The topological polar surface area (TPSA) is 84.1 Å². The molecule has 0 fully saturated rings. The van der Waals surface area contributed by atoms with Gasteiger partial charge in [-0.15, -0.1) is 0 Å². The molecule has 0 saturated heterocycles. The molecule has 1 N–H and O–H groups in total. The first kappa shape index (κ1) is 16.8. The van der Waals surface area contributed by atoms with Gasteiger partial charge in [-0.3, -0.25) is 9.59 Å². The van der Waals surface area contributed by atoms with Gasteiger partial charge in [0.25, 0.3) is 11.5 Å². The van der Waals surface area contributed by atoms with Crippen LogP contribution in [0.5, 0.6) is 5.75 Å². The summed E-state index contributed by atoms with van der Waals surface area (Å²) in [7, 11) is 0. The first-order valence-corrected chi connectivity index (χ1v) is 8.35. The number of nitrogens with one attached hydrogen (secondary N) is 1. The van der Waals surface area contributed by atoms with E-state index in [0.29, 0.717) is 42.1 Å². The van der Waals surface area contributed by atoms with Crippen molar-refractivity contribution in [3.63, 3.8) is 0 Å². The Hall–Kier alpha value is -3.07. The van der Waals surface area contributed by atoms with Crippen LogP contribution in [0.25, 0.3) is 0 Å². The van der Waals surface area contributed by atoms with E-state index >= 15 is 0 Å². The summed E-state index contributed by atoms with van der Waals surface area (Å²) < 4.78 is 7.23. The Morgan fingerprint density at radius 3 is 2.76 bits per heavy atom. The molecule has 128 valence electrons. The monoisotopic (exact) mass is 337 g/mol. The van der Waals surface area contributed by atoms with E-state index in [4.69, 9.17) is 10.00 Å². The molecule has 1 aliphatic rings. The highest BCUT2D eigenvalue weighted by molar-refractivity contribution is 6.07. The molecule has 0 spiro atoms. The van der Waals surface area contributed by atoms with Crippen molar-refractivity contribution < 1.29 is 9.53 Å². The predicted molar refractivity (Wildman–Crippen MR) is 93.9 cm³/mol. The van der Waals surface area contributed by atoms with Crippen LogP contribution in [0.4, 0.5) is 5.69 Å². The maximum Gasteiger partial charge on any atom is 0.261 e. The lowest BCUT2D eigenvalue weighted by molar-refractivity contribution is 0.102. The molecule has 1 aromatic heterocycles. The number of amides is 1. The molecule has 2 heterocycles. The minimum Gasteiger partial charge on any atom is -0.493 e. The van der Waals surface area contributed by atoms with Crippen molar-refractivity contribution in [1.29, 1.82) is 5.26 Å². The summed E-state index contributed by atoms with van der Waals surface area (Å²) in [6.07, 6.45) is 2.54. The summed E-state index contributed by atoms with van der Waals surface area (Å²) in [6, 6.07) is 10.1. The average Bonchev–Trinajstić information content (AvgIpc) is 2.63. The Labute approximate surface area is 145 Å². The third kappa shape index (κ3) is 3.41. The summed E-state index contributed by atoms with van der Waals surface area (Å²) in [5.41, 5.74) is 2.13. The van der Waals surface area contributed by atoms with Crippen molar-refractivity contribution in [2.45, 2.75) is 32.7 Å². The summed E-state index contributed by atoms with van der Waals surface area (Å²) in [5, 5.41) is 11.7. The molecule has 0 saturated carbocycles. The average molecular weight is 337 g/mol. The van der Waals surface area contributed by atoms with Gasteiger partial charge in [0.05, 0.1) is 18.2 Å². The number of carbonyl (C=O) groups excluding carboxylic acids is 1. The van der Waals surface area contributed by atoms with Gasteiger partial charge in [-0.25, -0.2) is 0 Å². The number of fused-ring (bicyclic) bond motifs is 1. The molecule has 2 aromatic rings. The fraction of sp³-hybridized carbons (Fsp3) is 0.316. The largest absolute Gasteiger partial charge is 0.493 e. The Bertz CT molecular complexity index is 892. The number of rotatable bonds is 4. The van der Waals surface area contributed by atoms with Crippen molar-refractivity contribution in [2.75, 3.05) is 11.9 Å². The number of ether oxygens (including phenoxy) is 1. The van der Waals surface area contributed by atoms with Crippen LogP contribution in [0.3, 0.4) is 0 Å². The Morgan fingerprint density at radius 1 is 1.32 bits per heavy atom. The van der Waals surface area contributed by atoms with Crippen LogP contribution in [0, 0.1) is 11.3 Å². The van der Waals surface area contributed by atoms with Crippen LogP contribution in [0.1, 0.15) is 41.4 Å². The van der Waals surface area contributed by atoms with Gasteiger partial charge in [0.15, 0.2) is 0 Å². The van der Waals surface area contributed by atoms with Crippen molar-refractivity contribution in [1.82, 2.24) is 4.57 Å². The maximum atomic E-state index is 12.9. The number of aromatic nitrogens is 1. The molecule has 0 bridgehead atoms. The summed E-state index contributed by atoms with van der Waals surface area (Å²) in [6.45, 7) is 2.82. The third-order valence-electron chi connectivity index (χ3n) is 4.23. The Kier molecular flexibility index (Phi) is 4.85. The lowest BCUT2D eigenvalue weighted by Gasteiger charge is -2.23. The van der Waals surface area contributed by atoms with Gasteiger partial charge in [0.2, 0.25) is 0 Å². The SMILES string of the molecule is CCOc1cc(=O)n2c(c1C(=O)Nc1ccc(C#N)cc1)CCCC2. The van der Waals surface area contributed by atoms with Gasteiger partial charge in [-0.2, -0.15) is 5.26 Å². The lowest BCUT2D eigenvalue weighted by Crippen LogP contribution is -2.31. The Balaban J connectivity index is 2.00. The maximum absolute atomic E-state index is 12.9. The second kappa shape index (κ2) is 7.22. The van der Waals surface area contributed by atoms with E-state index in [1.54, 1.807) is 28.8 Å². The molecule has 6 heteroatoms. The summed E-state index contributed by atoms with van der Waals surface area (Å²) >= 11 is 0. The van der Waals surface area contributed by atoms with Gasteiger partial charge < -0.3 is 14.6 Å². The van der Waals surface area contributed by atoms with E-state index < -0.39 is 0 Å². The molecular weight excluding hydrogens is 318 g/mol. The van der Waals surface area contributed by atoms with E-state index in [0.717, 1.165) is 18.5 Å². The van der Waals surface area contributed by atoms with E-state index in [2.05, 4.69) is 5.32 Å². The molecule has 0 unspecified atom stereocenters. The first-order chi connectivity index (χ1) is 12.1. The third-order valence-corrected chi connectivity index (χ3v) is 4.23. The normalized spacial score (nSPS) is 12.8. The number of hydrogen-bond donors (Lipinski definition) is 1. The van der Waals surface area contributed by atoms with Crippen molar-refractivity contribution >= 4 is 11.6 Å². The van der Waals surface area contributed by atoms with Gasteiger partial charge >= 0.3 is 0 Å². The highest BCUT2D eigenvalue weighted by atomic mass is 16.5. The number of hydrogen-bond acceptors (Lipinski definition) is 4. The van der Waals surface area contributed by atoms with Crippen molar-refractivity contribution in [3.8, 4) is 11.8 Å². The highest BCUT2D eigenvalue weighted by Gasteiger charge is 2.24. The second-order valence-corrected chi connectivity index (χ2v) is 5.85. The number of nitrogens with zero attached hydrogens (tertiary/aromatic N) is 2. The number of carbonyl (C=O) groups is 1. The molecule has 3 rings (SSSR count). The number of anilines is 1. The summed E-state index contributed by atoms with van der Waals surface area (Å²) in [4.78, 5) is 25.2. The smallest absolute Gasteiger partial charge is 0.261 e. The lowest BCUT2D eigenvalue weighted by atomic mass is 10.0. The quantitative estimate of drug-likeness (QED) is 0.929. The van der Waals surface area contributed by atoms with Crippen LogP contribution in [-0.4, -0.2) is 17.1 Å². The zero-order chi connectivity index (χ0) is 17.8. The zero-order valence-corrected chi connectivity index (χ0v) is 14.0. The van der Waals surface area contributed by atoms with Crippen molar-refractivity contribution in [3.05, 3.63) is 57.5 Å². The van der Waals surface area contributed by atoms with E-state index in [1.807, 2.05) is 13.0 Å². The van der Waals surface area contributed by atoms with E-state index in [1.165, 1.54) is 6.07 Å². The van der Waals surface area contributed by atoms with E-state index in [9.17, 15) is 9.59 Å². The van der Waals surface area contributed by atoms with Crippen molar-refractivity contribution in [2.24, 2.45) is 0 Å². The zero-order valence-electron chi connectivity index (χ0n) is 14.0. The van der Waals surface area contributed by atoms with Crippen LogP contribution < -0.4 is 15.6 Å². The molecule has 0 radical (unpaired) electrons. The van der Waals surface area contributed by atoms with Crippen LogP contribution in [0.15, 0.2) is 35.1 Å². The van der Waals surface area contributed by atoms with Gasteiger partial charge in [0, 0.05) is 24.0 Å². The molecular formula is C19H19N3O3. The van der Waals surface area contributed by atoms with E-state index in [-0.39, 0.29) is 11.5 Å². The number of nitriles is 1. The number of benzene rings is 1. The second-order valence-electron chi connectivity index (χ2n) is 5.85. The molecule has 25 heavy (non-hydrogen) atoms. The van der Waals surface area contributed by atoms with Crippen LogP contribution in [0.2, 0.25) is 0 Å². The summed E-state index contributed by atoms with van der Waals surface area (Å²) in [5.74, 6) is 0.0191.